The zero-order valence-electron chi connectivity index (χ0n) is 81.7. The highest BCUT2D eigenvalue weighted by Gasteiger charge is 2.41. The Hall–Kier alpha value is -16.6. The number of nitrogens with one attached hydrogen (secondary N) is 5. The Morgan fingerprint density at radius 1 is 0.200 bits per heavy atom. The monoisotopic (exact) mass is 1810 g/mol. The van der Waals surface area contributed by atoms with E-state index in [9.17, 15) is 0 Å². The second kappa shape index (κ2) is 43.2. The molecule has 140 heavy (non-hydrogen) atoms. The summed E-state index contributed by atoms with van der Waals surface area (Å²) < 4.78 is 0. The molecule has 21 aromatic carbocycles. The maximum atomic E-state index is 3.55. The van der Waals surface area contributed by atoms with Gasteiger partial charge in [0.2, 0.25) is 0 Å². The Morgan fingerprint density at radius 2 is 0.443 bits per heavy atom. The quantitative estimate of drug-likeness (QED) is 0.0464. The van der Waals surface area contributed by atoms with Crippen molar-refractivity contribution in [1.29, 1.82) is 0 Å². The van der Waals surface area contributed by atoms with Gasteiger partial charge < -0.3 is 26.6 Å². The van der Waals surface area contributed by atoms with Crippen molar-refractivity contribution >= 4 is 89.2 Å². The van der Waals surface area contributed by atoms with E-state index in [0.717, 1.165) is 56.9 Å². The van der Waals surface area contributed by atoms with E-state index >= 15 is 0 Å². The second-order valence-corrected chi connectivity index (χ2v) is 37.6. The van der Waals surface area contributed by atoms with Gasteiger partial charge >= 0.3 is 0 Å². The van der Waals surface area contributed by atoms with Crippen molar-refractivity contribution < 1.29 is 0 Å². The van der Waals surface area contributed by atoms with Crippen LogP contribution in [0.25, 0.3) is 43.4 Å². The third-order valence-electron chi connectivity index (χ3n) is 28.1. The molecule has 5 heteroatoms. The summed E-state index contributed by atoms with van der Waals surface area (Å²) in [5, 5.41) is 25.2. The summed E-state index contributed by atoms with van der Waals surface area (Å²) in [5.74, 6) is 0.768. The minimum absolute atomic E-state index is 0.129. The first-order valence-electron chi connectivity index (χ1n) is 48.9. The molecule has 686 valence electrons. The lowest BCUT2D eigenvalue weighted by Crippen LogP contribution is -2.26. The average molecular weight is 1810 g/mol. The molecule has 2 unspecified atom stereocenters. The summed E-state index contributed by atoms with van der Waals surface area (Å²) in [7, 11) is 0. The van der Waals surface area contributed by atoms with Gasteiger partial charge in [0.25, 0.3) is 0 Å². The Balaban J connectivity index is 0.000000117. The maximum Gasteiger partial charge on any atom is 0.0435 e. The molecule has 0 amide bonds. The third kappa shape index (κ3) is 21.5. The molecule has 21 aromatic rings. The van der Waals surface area contributed by atoms with Gasteiger partial charge in [-0.3, -0.25) is 0 Å². The number of aryl methyl sites for hydroxylation is 5. The lowest BCUT2D eigenvalue weighted by atomic mass is 9.68. The molecule has 0 spiro atoms. The standard InChI is InChI=1S/C35H29N.C27H23N.C27H25N.C25H23N.C21H21N/c1-25-17-21-29(22-18-25)36-30-23-19-28(20-24-30)35(2,33-15-7-11-26-9-3-5-13-31(26)33)34-16-8-12-27-10-4-6-14-32(27)34;1-19-11-15-21(16-12-19)28-22-17-13-20(14-18-22)27(2)25-9-5-3-7-23(25)24-8-4-6-10-26(24)27;1-21-13-17-25(18-14-21)28-26-19-15-24(16-20-26)27(2,22-9-5-3-6-10-22)23-11-7-4-8-12-23;1-18-10-14-22(15-11-18)26-23-16-12-20(13-17-23)19(2)24-9-5-7-21-6-3-4-8-25(21)24;1-16-8-12-20(13-9-16)22-21-14-10-19(11-15-21)17(2)18-6-4-3-5-7-18/h3-24,36H,1-2H3;3-18,28H,1-2H3;3-20,28H,1-2H3;3-17,19,26H,1-2H3;3-15,17,22H,1-2H3. The first kappa shape index (κ1) is 93.8. The van der Waals surface area contributed by atoms with Crippen molar-refractivity contribution in [3.05, 3.63) is 610 Å². The number of benzene rings is 21. The van der Waals surface area contributed by atoms with Gasteiger partial charge in [-0.2, -0.15) is 0 Å². The second-order valence-electron chi connectivity index (χ2n) is 37.6. The largest absolute Gasteiger partial charge is 0.356 e. The van der Waals surface area contributed by atoms with Crippen LogP contribution in [0.5, 0.6) is 0 Å². The first-order chi connectivity index (χ1) is 68.4. The smallest absolute Gasteiger partial charge is 0.0435 e. The molecule has 5 nitrogen and oxygen atoms in total. The highest BCUT2D eigenvalue weighted by molar-refractivity contribution is 5.93. The van der Waals surface area contributed by atoms with Gasteiger partial charge in [0.15, 0.2) is 0 Å². The van der Waals surface area contributed by atoms with E-state index in [1.54, 1.807) is 0 Å². The van der Waals surface area contributed by atoms with Crippen molar-refractivity contribution in [1.82, 2.24) is 0 Å². The summed E-state index contributed by atoms with van der Waals surface area (Å²) >= 11 is 0. The van der Waals surface area contributed by atoms with Crippen molar-refractivity contribution in [3.63, 3.8) is 0 Å². The minimum Gasteiger partial charge on any atom is -0.356 e. The summed E-state index contributed by atoms with van der Waals surface area (Å²) in [6, 6.07) is 182. The van der Waals surface area contributed by atoms with Gasteiger partial charge in [-0.15, -0.1) is 0 Å². The van der Waals surface area contributed by atoms with E-state index in [1.807, 2.05) is 0 Å². The Kier molecular flexibility index (Phi) is 28.9. The van der Waals surface area contributed by atoms with Crippen LogP contribution in [0, 0.1) is 34.6 Å². The topological polar surface area (TPSA) is 60.1 Å². The molecule has 0 heterocycles. The molecule has 5 N–H and O–H groups in total. The molecular weight excluding hydrogens is 1690 g/mol. The van der Waals surface area contributed by atoms with E-state index < -0.39 is 0 Å². The fourth-order valence-electron chi connectivity index (χ4n) is 19.7. The number of hydrogen-bond donors (Lipinski definition) is 5. The Bertz CT molecular complexity index is 7390. The molecule has 1 aliphatic rings. The van der Waals surface area contributed by atoms with Gasteiger partial charge in [0.1, 0.15) is 0 Å². The van der Waals surface area contributed by atoms with Gasteiger partial charge in [0.05, 0.1) is 0 Å². The zero-order chi connectivity index (χ0) is 96.4. The highest BCUT2D eigenvalue weighted by atomic mass is 14.9. The number of fused-ring (bicyclic) bond motifs is 6. The summed E-state index contributed by atoms with van der Waals surface area (Å²) in [6.45, 7) is 22.1. The fourth-order valence-corrected chi connectivity index (χ4v) is 19.7. The van der Waals surface area contributed by atoms with E-state index in [-0.39, 0.29) is 16.2 Å². The van der Waals surface area contributed by atoms with Crippen LogP contribution in [0.4, 0.5) is 56.9 Å². The summed E-state index contributed by atoms with van der Waals surface area (Å²) in [6.07, 6.45) is 0. The van der Waals surface area contributed by atoms with E-state index in [4.69, 9.17) is 0 Å². The van der Waals surface area contributed by atoms with Crippen molar-refractivity contribution in [2.45, 2.75) is 97.3 Å². The number of anilines is 10. The predicted molar refractivity (Wildman–Crippen MR) is 599 cm³/mol. The molecule has 0 saturated heterocycles. The third-order valence-corrected chi connectivity index (χ3v) is 28.1. The number of rotatable bonds is 21. The highest BCUT2D eigenvalue weighted by Crippen LogP contribution is 2.53. The van der Waals surface area contributed by atoms with Crippen molar-refractivity contribution in [3.8, 4) is 11.1 Å². The summed E-state index contributed by atoms with van der Waals surface area (Å²) in [5.41, 5.74) is 36.7. The molecule has 0 radical (unpaired) electrons. The lowest BCUT2D eigenvalue weighted by Gasteiger charge is -2.34. The van der Waals surface area contributed by atoms with Gasteiger partial charge in [-0.05, 0) is 292 Å². The SMILES string of the molecule is Cc1ccc(Nc2ccc(C(C)(c3cccc4ccccc34)c3cccc4ccccc34)cc2)cc1.Cc1ccc(Nc2ccc(C(C)(c3ccccc3)c3ccccc3)cc2)cc1.Cc1ccc(Nc2ccc(C(C)c3cccc4ccccc34)cc2)cc1.Cc1ccc(Nc2ccc(C(C)c3ccccc3)cc2)cc1.Cc1ccc(Nc2ccc(C3(C)c4ccccc4-c4ccccc43)cc2)cc1. The molecule has 0 aliphatic heterocycles. The van der Waals surface area contributed by atoms with Crippen LogP contribution in [0.1, 0.15) is 147 Å². The molecule has 0 aromatic heterocycles. The predicted octanol–water partition coefficient (Wildman–Crippen LogP) is 36.5. The maximum absolute atomic E-state index is 3.55. The van der Waals surface area contributed by atoms with Crippen LogP contribution in [-0.4, -0.2) is 0 Å². The van der Waals surface area contributed by atoms with Crippen LogP contribution in [0.3, 0.4) is 0 Å². The fraction of sp³-hybridized carbons (Fsp3) is 0.111. The Morgan fingerprint density at radius 3 is 0.800 bits per heavy atom. The molecule has 1 aliphatic carbocycles. The summed E-state index contributed by atoms with van der Waals surface area (Å²) in [4.78, 5) is 0. The van der Waals surface area contributed by atoms with E-state index in [2.05, 4.69) is 605 Å². The molecular formula is C135H121N5. The molecule has 2 atom stereocenters. The van der Waals surface area contributed by atoms with Gasteiger partial charge in [0, 0.05) is 85.0 Å². The van der Waals surface area contributed by atoms with Crippen LogP contribution in [0.2, 0.25) is 0 Å². The van der Waals surface area contributed by atoms with Crippen LogP contribution in [-0.2, 0) is 16.2 Å². The van der Waals surface area contributed by atoms with Crippen LogP contribution >= 0.6 is 0 Å². The molecule has 0 bridgehead atoms. The molecule has 22 rings (SSSR count). The van der Waals surface area contributed by atoms with Gasteiger partial charge in [-0.25, -0.2) is 0 Å². The molecule has 0 saturated carbocycles. The first-order valence-corrected chi connectivity index (χ1v) is 48.9. The number of hydrogen-bond acceptors (Lipinski definition) is 5. The van der Waals surface area contributed by atoms with E-state index in [0.29, 0.717) is 11.8 Å². The average Bonchev–Trinajstić information content (AvgIpc) is 1.55. The zero-order valence-corrected chi connectivity index (χ0v) is 81.7. The van der Waals surface area contributed by atoms with Crippen molar-refractivity contribution in [2.24, 2.45) is 0 Å². The van der Waals surface area contributed by atoms with Crippen LogP contribution in [0.15, 0.2) is 510 Å². The van der Waals surface area contributed by atoms with Gasteiger partial charge in [-0.1, -0.05) is 430 Å². The minimum atomic E-state index is -0.343. The lowest BCUT2D eigenvalue weighted by molar-refractivity contribution is 0.693. The van der Waals surface area contributed by atoms with Crippen molar-refractivity contribution in [2.75, 3.05) is 26.6 Å². The van der Waals surface area contributed by atoms with Crippen LogP contribution < -0.4 is 26.6 Å². The van der Waals surface area contributed by atoms with E-state index in [1.165, 1.54) is 144 Å². The normalized spacial score (nSPS) is 12.1. The Labute approximate surface area is 828 Å². The molecule has 0 fully saturated rings.